The van der Waals surface area contributed by atoms with Crippen LogP contribution < -0.4 is 11.2 Å². The van der Waals surface area contributed by atoms with Gasteiger partial charge in [0.2, 0.25) is 0 Å². The molecule has 2 aromatic rings. The molecular formula is C20H26IN3O2. The van der Waals surface area contributed by atoms with E-state index in [1.54, 1.807) is 10.8 Å². The number of benzene rings is 1. The molecule has 140 valence electrons. The Morgan fingerprint density at radius 3 is 2.65 bits per heavy atom. The summed E-state index contributed by atoms with van der Waals surface area (Å²) < 4.78 is 2.16. The van der Waals surface area contributed by atoms with Crippen LogP contribution in [0.3, 0.4) is 0 Å². The fraction of sp³-hybridized carbons (Fsp3) is 0.500. The molecule has 1 saturated carbocycles. The Bertz CT molecular complexity index is 861. The zero-order chi connectivity index (χ0) is 18.7. The number of rotatable bonds is 5. The minimum absolute atomic E-state index is 0.304. The molecule has 0 radical (unpaired) electrons. The normalized spacial score (nSPS) is 23.9. The molecule has 4 rings (SSSR count). The lowest BCUT2D eigenvalue weighted by Crippen LogP contribution is -2.33. The van der Waals surface area contributed by atoms with Gasteiger partial charge in [0.15, 0.2) is 0 Å². The van der Waals surface area contributed by atoms with Crippen molar-refractivity contribution in [3.8, 4) is 0 Å². The van der Waals surface area contributed by atoms with Crippen LogP contribution in [-0.2, 0) is 12.0 Å². The van der Waals surface area contributed by atoms with E-state index in [-0.39, 0.29) is 11.2 Å². The Balaban J connectivity index is 0.000000948. The van der Waals surface area contributed by atoms with Gasteiger partial charge >= 0.3 is 5.69 Å². The van der Waals surface area contributed by atoms with E-state index in [4.69, 9.17) is 0 Å². The molecule has 26 heavy (non-hydrogen) atoms. The SMILES string of the molecule is CC.O=c1[nH]c(=O)n(CCCN2C[C@@H]3C[C@]3(c3ccccc3)C2)cc1I. The Kier molecular flexibility index (Phi) is 6.02. The maximum atomic E-state index is 11.8. The molecule has 1 N–H and O–H groups in total. The van der Waals surface area contributed by atoms with Crippen LogP contribution in [0.5, 0.6) is 0 Å². The van der Waals surface area contributed by atoms with Crippen molar-refractivity contribution in [1.82, 2.24) is 14.5 Å². The van der Waals surface area contributed by atoms with Crippen LogP contribution in [0.15, 0.2) is 46.1 Å². The minimum atomic E-state index is -0.314. The minimum Gasteiger partial charge on any atom is -0.302 e. The van der Waals surface area contributed by atoms with Gasteiger partial charge in [0, 0.05) is 31.2 Å². The number of aromatic nitrogens is 2. The van der Waals surface area contributed by atoms with Gasteiger partial charge in [-0.1, -0.05) is 44.2 Å². The van der Waals surface area contributed by atoms with E-state index in [1.165, 1.54) is 12.0 Å². The molecule has 5 nitrogen and oxygen atoms in total. The number of hydrogen-bond acceptors (Lipinski definition) is 3. The zero-order valence-electron chi connectivity index (χ0n) is 15.4. The molecule has 0 bridgehead atoms. The highest BCUT2D eigenvalue weighted by molar-refractivity contribution is 14.1. The van der Waals surface area contributed by atoms with Gasteiger partial charge in [-0.2, -0.15) is 0 Å². The molecule has 0 spiro atoms. The van der Waals surface area contributed by atoms with Crippen molar-refractivity contribution in [3.05, 3.63) is 66.5 Å². The van der Waals surface area contributed by atoms with Crippen molar-refractivity contribution in [1.29, 1.82) is 0 Å². The Morgan fingerprint density at radius 2 is 1.92 bits per heavy atom. The van der Waals surface area contributed by atoms with Crippen LogP contribution >= 0.6 is 22.6 Å². The maximum absolute atomic E-state index is 11.8. The second-order valence-electron chi connectivity index (χ2n) is 6.94. The van der Waals surface area contributed by atoms with Crippen LogP contribution in [0.1, 0.15) is 32.3 Å². The molecule has 1 aliphatic carbocycles. The quantitative estimate of drug-likeness (QED) is 0.689. The van der Waals surface area contributed by atoms with E-state index in [1.807, 2.05) is 36.4 Å². The van der Waals surface area contributed by atoms with Crippen molar-refractivity contribution in [2.24, 2.45) is 5.92 Å². The summed E-state index contributed by atoms with van der Waals surface area (Å²) in [6.45, 7) is 7.92. The summed E-state index contributed by atoms with van der Waals surface area (Å²) in [5.41, 5.74) is 1.24. The highest BCUT2D eigenvalue weighted by Crippen LogP contribution is 2.58. The van der Waals surface area contributed by atoms with E-state index < -0.39 is 0 Å². The summed E-state index contributed by atoms with van der Waals surface area (Å²) in [4.78, 5) is 28.1. The average Bonchev–Trinajstić information content (AvgIpc) is 3.24. The van der Waals surface area contributed by atoms with Gasteiger partial charge in [-0.15, -0.1) is 0 Å². The van der Waals surface area contributed by atoms with Gasteiger partial charge in [-0.3, -0.25) is 14.3 Å². The van der Waals surface area contributed by atoms with Crippen LogP contribution in [0, 0.1) is 9.49 Å². The molecule has 1 aromatic carbocycles. The second kappa shape index (κ2) is 8.08. The molecule has 1 saturated heterocycles. The average molecular weight is 467 g/mol. The molecule has 2 heterocycles. The van der Waals surface area contributed by atoms with E-state index in [2.05, 4.69) is 40.2 Å². The van der Waals surface area contributed by atoms with Gasteiger partial charge < -0.3 is 4.90 Å². The lowest BCUT2D eigenvalue weighted by atomic mass is 9.95. The van der Waals surface area contributed by atoms with E-state index in [0.29, 0.717) is 15.5 Å². The number of halogens is 1. The fourth-order valence-electron chi connectivity index (χ4n) is 4.09. The third-order valence-corrected chi connectivity index (χ3v) is 6.17. The van der Waals surface area contributed by atoms with Crippen molar-refractivity contribution in [2.45, 2.75) is 38.6 Å². The monoisotopic (exact) mass is 467 g/mol. The first-order valence-electron chi connectivity index (χ1n) is 9.36. The predicted octanol–water partition coefficient (Wildman–Crippen LogP) is 2.83. The number of aromatic amines is 1. The summed E-state index contributed by atoms with van der Waals surface area (Å²) in [6.07, 6.45) is 3.87. The lowest BCUT2D eigenvalue weighted by Gasteiger charge is -2.21. The van der Waals surface area contributed by atoms with Crippen LogP contribution in [0.25, 0.3) is 0 Å². The Morgan fingerprint density at radius 1 is 1.19 bits per heavy atom. The number of fused-ring (bicyclic) bond motifs is 1. The molecule has 1 aliphatic heterocycles. The van der Waals surface area contributed by atoms with Crippen molar-refractivity contribution < 1.29 is 0 Å². The molecule has 2 atom stereocenters. The highest BCUT2D eigenvalue weighted by atomic mass is 127. The molecular weight excluding hydrogens is 441 g/mol. The number of nitrogens with zero attached hydrogens (tertiary/aromatic N) is 2. The number of aryl methyl sites for hydroxylation is 1. The summed E-state index contributed by atoms with van der Waals surface area (Å²) >= 11 is 1.96. The third-order valence-electron chi connectivity index (χ3n) is 5.41. The lowest BCUT2D eigenvalue weighted by molar-refractivity contribution is 0.287. The van der Waals surface area contributed by atoms with Crippen molar-refractivity contribution >= 4 is 22.6 Å². The standard InChI is InChI=1S/C18H20IN3O2.C2H6/c19-15-11-22(17(24)20-16(15)23)8-4-7-21-10-14-9-18(14,12-21)13-5-2-1-3-6-13;1-2/h1-3,5-6,11,14H,4,7-10,12H2,(H,20,23,24);1-2H3/t14-,18+;/m0./s1. The van der Waals surface area contributed by atoms with Gasteiger partial charge in [0.05, 0.1) is 3.57 Å². The zero-order valence-corrected chi connectivity index (χ0v) is 17.5. The molecule has 0 amide bonds. The molecule has 2 fully saturated rings. The summed E-state index contributed by atoms with van der Waals surface area (Å²) in [5, 5.41) is 0. The van der Waals surface area contributed by atoms with E-state index in [9.17, 15) is 9.59 Å². The number of hydrogen-bond donors (Lipinski definition) is 1. The van der Waals surface area contributed by atoms with Crippen LogP contribution in [-0.4, -0.2) is 34.1 Å². The Hall–Kier alpha value is -1.41. The fourth-order valence-corrected chi connectivity index (χ4v) is 4.56. The number of H-pyrrole nitrogens is 1. The van der Waals surface area contributed by atoms with Gasteiger partial charge in [-0.25, -0.2) is 4.79 Å². The van der Waals surface area contributed by atoms with Gasteiger partial charge in [-0.05, 0) is 53.5 Å². The summed E-state index contributed by atoms with van der Waals surface area (Å²) in [6, 6.07) is 10.9. The molecule has 1 aromatic heterocycles. The topological polar surface area (TPSA) is 58.1 Å². The maximum Gasteiger partial charge on any atom is 0.328 e. The second-order valence-corrected chi connectivity index (χ2v) is 8.10. The van der Waals surface area contributed by atoms with Crippen LogP contribution in [0.2, 0.25) is 0 Å². The van der Waals surface area contributed by atoms with Crippen molar-refractivity contribution in [3.63, 3.8) is 0 Å². The van der Waals surface area contributed by atoms with E-state index >= 15 is 0 Å². The third kappa shape index (κ3) is 3.81. The molecule has 6 heteroatoms. The Labute approximate surface area is 167 Å². The smallest absolute Gasteiger partial charge is 0.302 e. The number of likely N-dealkylation sites (tertiary alicyclic amines) is 1. The van der Waals surface area contributed by atoms with Gasteiger partial charge in [0.25, 0.3) is 5.56 Å². The number of piperidine rings is 1. The van der Waals surface area contributed by atoms with Gasteiger partial charge in [0.1, 0.15) is 0 Å². The number of nitrogens with one attached hydrogen (secondary N) is 1. The van der Waals surface area contributed by atoms with E-state index in [0.717, 1.165) is 32.0 Å². The van der Waals surface area contributed by atoms with Crippen molar-refractivity contribution in [2.75, 3.05) is 19.6 Å². The summed E-state index contributed by atoms with van der Waals surface area (Å²) in [5.74, 6) is 0.789. The summed E-state index contributed by atoms with van der Waals surface area (Å²) in [7, 11) is 0. The highest BCUT2D eigenvalue weighted by Gasteiger charge is 2.60. The largest absolute Gasteiger partial charge is 0.328 e. The first kappa shape index (κ1) is 19.4. The predicted molar refractivity (Wildman–Crippen MR) is 113 cm³/mol. The first-order valence-corrected chi connectivity index (χ1v) is 10.4. The molecule has 0 unspecified atom stereocenters. The molecule has 2 aliphatic rings. The first-order chi connectivity index (χ1) is 12.6. The van der Waals surface area contributed by atoms with Crippen LogP contribution in [0.4, 0.5) is 0 Å².